The number of carbonyl (C=O) groups is 1. The van der Waals surface area contributed by atoms with Crippen LogP contribution in [0.3, 0.4) is 0 Å². The van der Waals surface area contributed by atoms with E-state index in [1.54, 1.807) is 24.3 Å². The molecule has 2 aromatic rings. The number of rotatable bonds is 0. The predicted octanol–water partition coefficient (Wildman–Crippen LogP) is 4.67. The van der Waals surface area contributed by atoms with Gasteiger partial charge in [-0.1, -0.05) is 17.5 Å². The molecule has 1 atom stereocenters. The number of ether oxygens (including phenoxy) is 1. The number of ketones is 1. The fraction of sp³-hybridized carbons (Fsp3) is 0.263. The Kier molecular flexibility index (Phi) is 7.87. The van der Waals surface area contributed by atoms with Gasteiger partial charge in [0.2, 0.25) is 0 Å². The second-order valence-electron chi connectivity index (χ2n) is 5.73. The van der Waals surface area contributed by atoms with Gasteiger partial charge in [0.25, 0.3) is 0 Å². The van der Waals surface area contributed by atoms with Crippen molar-refractivity contribution in [2.75, 3.05) is 6.61 Å². The normalized spacial score (nSPS) is 17.5. The van der Waals surface area contributed by atoms with Gasteiger partial charge >= 0.3 is 22.1 Å². The van der Waals surface area contributed by atoms with Crippen molar-refractivity contribution in [2.45, 2.75) is 19.3 Å². The van der Waals surface area contributed by atoms with Crippen LogP contribution in [0.4, 0.5) is 8.78 Å². The second-order valence-corrected chi connectivity index (χ2v) is 6.16. The first-order valence-electron chi connectivity index (χ1n) is 7.81. The topological polar surface area (TPSA) is 43.4 Å². The van der Waals surface area contributed by atoms with Crippen LogP contribution >= 0.6 is 11.6 Å². The Morgan fingerprint density at radius 2 is 1.81 bits per heavy atom. The van der Waals surface area contributed by atoms with Crippen molar-refractivity contribution in [1.82, 2.24) is 0 Å². The Bertz CT molecular complexity index is 758. The number of halogens is 3. The molecule has 1 saturated carbocycles. The molecule has 2 aliphatic rings. The second kappa shape index (κ2) is 9.90. The van der Waals surface area contributed by atoms with E-state index in [-0.39, 0.29) is 29.6 Å². The van der Waals surface area contributed by atoms with Crippen LogP contribution in [0.15, 0.2) is 36.4 Å². The molecule has 0 bridgehead atoms. The zero-order valence-corrected chi connectivity index (χ0v) is 16.9. The van der Waals surface area contributed by atoms with E-state index < -0.39 is 11.6 Å². The number of hydrogen-bond donors (Lipinski definition) is 0. The summed E-state index contributed by atoms with van der Waals surface area (Å²) in [5.41, 5.74) is 0.244. The van der Waals surface area contributed by atoms with E-state index in [0.29, 0.717) is 37.8 Å². The van der Waals surface area contributed by atoms with Gasteiger partial charge in [-0.15, -0.1) is 17.2 Å². The monoisotopic (exact) mass is 556 g/mol. The Balaban J connectivity index is 0.000000227. The number of Topliss-reactive ketones (excluding diaryl/α,β-unsaturated/α-hetero) is 1. The molecule has 0 saturated heterocycles. The molecule has 3 nitrogen and oxygen atoms in total. The van der Waals surface area contributed by atoms with Crippen molar-refractivity contribution in [3.63, 3.8) is 0 Å². The van der Waals surface area contributed by atoms with E-state index in [1.165, 1.54) is 0 Å². The molecule has 4 rings (SSSR count). The summed E-state index contributed by atoms with van der Waals surface area (Å²) in [6.45, 7) is 0.272. The van der Waals surface area contributed by atoms with Crippen LogP contribution in [0.1, 0.15) is 24.8 Å². The van der Waals surface area contributed by atoms with Gasteiger partial charge in [0.05, 0.1) is 12.4 Å². The third-order valence-corrected chi connectivity index (χ3v) is 4.38. The summed E-state index contributed by atoms with van der Waals surface area (Å²) in [6, 6.07) is 12.2. The summed E-state index contributed by atoms with van der Waals surface area (Å²) in [7, 11) is 0. The molecule has 1 aliphatic heterocycles. The average molecular weight is 555 g/mol. The van der Waals surface area contributed by atoms with Crippen LogP contribution in [0.5, 0.6) is 5.75 Å². The summed E-state index contributed by atoms with van der Waals surface area (Å²) < 4.78 is 40.8. The molecule has 1 heterocycles. The Labute approximate surface area is 165 Å². The molecule has 0 amide bonds. The Morgan fingerprint density at radius 1 is 1.15 bits per heavy atom. The summed E-state index contributed by atoms with van der Waals surface area (Å²) >= 11 is 6.13. The van der Waals surface area contributed by atoms with Crippen molar-refractivity contribution in [2.24, 2.45) is 5.92 Å². The quantitative estimate of drug-likeness (QED) is 0.445. The summed E-state index contributed by atoms with van der Waals surface area (Å²) in [5, 5.41) is 0.763. The maximum absolute atomic E-state index is 13.8. The first-order chi connectivity index (χ1) is 12.6. The van der Waals surface area contributed by atoms with Crippen molar-refractivity contribution < 1.29 is 40.4 Å². The number of benzene rings is 2. The van der Waals surface area contributed by atoms with E-state index in [1.807, 2.05) is 0 Å². The molecule has 7 heteroatoms. The SMILES string of the molecule is Clc1cc[c-]cc1.O=C1CC[C-]2c3c(F)ccc(F)c3OC[C@H]2C1.[O]=[Os]. The molecule has 1 aliphatic carbocycles. The zero-order chi connectivity index (χ0) is 19.1. The van der Waals surface area contributed by atoms with Gasteiger partial charge in [-0.05, 0) is 18.4 Å². The molecular formula is C19H15ClF2O3Os-2. The van der Waals surface area contributed by atoms with E-state index in [9.17, 15) is 13.6 Å². The minimum atomic E-state index is -0.538. The number of fused-ring (bicyclic) bond motifs is 3. The van der Waals surface area contributed by atoms with Crippen LogP contribution in [-0.2, 0) is 26.9 Å². The van der Waals surface area contributed by atoms with Crippen molar-refractivity contribution in [3.8, 4) is 5.75 Å². The summed E-state index contributed by atoms with van der Waals surface area (Å²) in [5.74, 6) is -0.0733. The maximum atomic E-state index is 13.8. The zero-order valence-electron chi connectivity index (χ0n) is 13.6. The van der Waals surface area contributed by atoms with E-state index in [0.717, 1.165) is 23.1 Å². The summed E-state index contributed by atoms with van der Waals surface area (Å²) in [4.78, 5) is 11.3. The van der Waals surface area contributed by atoms with Crippen molar-refractivity contribution in [3.05, 3.63) is 70.6 Å². The Hall–Kier alpha value is -1.63. The molecule has 0 N–H and O–H groups in total. The fourth-order valence-electron chi connectivity index (χ4n) is 2.99. The van der Waals surface area contributed by atoms with Crippen LogP contribution < -0.4 is 4.74 Å². The van der Waals surface area contributed by atoms with Gasteiger partial charge in [-0.2, -0.15) is 36.2 Å². The van der Waals surface area contributed by atoms with Gasteiger partial charge in [-0.25, -0.2) is 4.39 Å². The van der Waals surface area contributed by atoms with Gasteiger partial charge in [0, 0.05) is 12.2 Å². The fourth-order valence-corrected chi connectivity index (χ4v) is 3.12. The molecule has 0 spiro atoms. The number of carbonyl (C=O) groups excluding carboxylic acids is 1. The molecule has 0 unspecified atom stereocenters. The molecule has 26 heavy (non-hydrogen) atoms. The van der Waals surface area contributed by atoms with E-state index in [4.69, 9.17) is 19.9 Å². The van der Waals surface area contributed by atoms with Crippen LogP contribution in [0, 0.1) is 29.5 Å². The third-order valence-electron chi connectivity index (χ3n) is 4.13. The first-order valence-corrected chi connectivity index (χ1v) is 9.22. The third kappa shape index (κ3) is 4.96. The van der Waals surface area contributed by atoms with E-state index >= 15 is 0 Å². The average Bonchev–Trinajstić information content (AvgIpc) is 2.67. The number of hydrogen-bond acceptors (Lipinski definition) is 3. The minimum absolute atomic E-state index is 0.00518. The van der Waals surface area contributed by atoms with Crippen LogP contribution in [0.25, 0.3) is 0 Å². The van der Waals surface area contributed by atoms with Gasteiger partial charge in [0.1, 0.15) is 11.6 Å². The molecule has 140 valence electrons. The molecule has 0 aromatic heterocycles. The molecule has 2 aromatic carbocycles. The predicted molar refractivity (Wildman–Crippen MR) is 87.5 cm³/mol. The van der Waals surface area contributed by atoms with Crippen molar-refractivity contribution >= 4 is 17.4 Å². The van der Waals surface area contributed by atoms with E-state index in [2.05, 4.69) is 6.07 Å². The van der Waals surface area contributed by atoms with Gasteiger partial charge in [0.15, 0.2) is 0 Å². The first kappa shape index (κ1) is 20.7. The molecule has 0 radical (unpaired) electrons. The summed E-state index contributed by atoms with van der Waals surface area (Å²) in [6.07, 6.45) is 1.31. The van der Waals surface area contributed by atoms with Crippen LogP contribution in [-0.4, -0.2) is 12.4 Å². The standard InChI is InChI=1S/C13H11F2O2.C6H4Cl.O.Os/c14-10-3-4-11(15)13-12(10)9-2-1-8(16)5-7(9)6-17-13;7-6-4-2-1-3-5-6;;/h3-4,7H,1-2,5-6H2;2-5H;;/q2*-1;;/t7-;;;/m1.../s1. The molecule has 1 fully saturated rings. The van der Waals surface area contributed by atoms with Crippen molar-refractivity contribution in [1.29, 1.82) is 0 Å². The molecular weight excluding hydrogens is 540 g/mol. The van der Waals surface area contributed by atoms with Crippen LogP contribution in [0.2, 0.25) is 5.02 Å². The Morgan fingerprint density at radius 3 is 2.42 bits per heavy atom. The van der Waals surface area contributed by atoms with Gasteiger partial charge < -0.3 is 4.74 Å². The van der Waals surface area contributed by atoms with Gasteiger partial charge in [-0.3, -0.25) is 9.18 Å².